The Kier molecular flexibility index (Phi) is 5.34. The summed E-state index contributed by atoms with van der Waals surface area (Å²) in [4.78, 5) is 34.5. The van der Waals surface area contributed by atoms with Crippen molar-refractivity contribution in [3.63, 3.8) is 0 Å². The third kappa shape index (κ3) is 3.04. The zero-order valence-corrected chi connectivity index (χ0v) is 18.4. The first kappa shape index (κ1) is 20.2. The Bertz CT molecular complexity index is 991. The van der Waals surface area contributed by atoms with E-state index in [9.17, 15) is 9.59 Å². The third-order valence-electron chi connectivity index (χ3n) is 6.51. The number of H-pyrrole nitrogens is 1. The predicted octanol–water partition coefficient (Wildman–Crippen LogP) is 3.21. The highest BCUT2D eigenvalue weighted by Gasteiger charge is 2.50. The van der Waals surface area contributed by atoms with E-state index in [0.29, 0.717) is 25.4 Å². The summed E-state index contributed by atoms with van der Waals surface area (Å²) in [5.74, 6) is 0.285. The summed E-state index contributed by atoms with van der Waals surface area (Å²) in [7, 11) is 2.05. The molecule has 0 fully saturated rings. The average Bonchev–Trinajstić information content (AvgIpc) is 3.14. The fourth-order valence-electron chi connectivity index (χ4n) is 5.01. The molecule has 0 unspecified atom stereocenters. The Labute approximate surface area is 176 Å². The van der Waals surface area contributed by atoms with Crippen molar-refractivity contribution in [1.82, 2.24) is 14.8 Å². The van der Waals surface area contributed by atoms with Gasteiger partial charge in [0.25, 0.3) is 0 Å². The first-order valence-electron chi connectivity index (χ1n) is 10.3. The van der Waals surface area contributed by atoms with Gasteiger partial charge in [-0.3, -0.25) is 14.5 Å². The van der Waals surface area contributed by atoms with Gasteiger partial charge in [0.05, 0.1) is 5.75 Å². The van der Waals surface area contributed by atoms with Crippen LogP contribution in [0.15, 0.2) is 30.5 Å². The van der Waals surface area contributed by atoms with E-state index >= 15 is 0 Å². The molecule has 2 heterocycles. The quantitative estimate of drug-likeness (QED) is 0.742. The van der Waals surface area contributed by atoms with Crippen LogP contribution in [0.25, 0.3) is 16.5 Å². The molecule has 29 heavy (non-hydrogen) atoms. The lowest BCUT2D eigenvalue weighted by Gasteiger charge is -2.45. The minimum Gasteiger partial charge on any atom is -0.361 e. The van der Waals surface area contributed by atoms with Crippen molar-refractivity contribution in [2.45, 2.75) is 26.3 Å². The first-order chi connectivity index (χ1) is 14.0. The number of hydrogen-bond acceptors (Lipinski definition) is 4. The molecular formula is C23H29N3O2S. The standard InChI is InChI=1S/C23H29N3O2S/c1-5-26(6-2)22(28)23(20(27)13-29-4)11-17-16-8-7-9-18-21(16)15(12-24-18)10-19(17)25(3)14-23/h7-9,11-12,19,24H,5-6,10,13-14H2,1-4H3/t19-,23-/m1/s1. The molecule has 2 aliphatic rings. The summed E-state index contributed by atoms with van der Waals surface area (Å²) in [6.07, 6.45) is 6.94. The SMILES string of the molecule is CCN(CC)C(=O)[C@]1(C(=O)CSC)C=C2c3cccc4[nH]cc(c34)C[C@H]2N(C)C1. The lowest BCUT2D eigenvalue weighted by molar-refractivity contribution is -0.146. The first-order valence-corrected chi connectivity index (χ1v) is 11.7. The zero-order valence-electron chi connectivity index (χ0n) is 17.6. The fourth-order valence-corrected chi connectivity index (χ4v) is 5.53. The van der Waals surface area contributed by atoms with Gasteiger partial charge in [0.15, 0.2) is 5.78 Å². The van der Waals surface area contributed by atoms with Crippen molar-refractivity contribution < 1.29 is 9.59 Å². The van der Waals surface area contributed by atoms with Crippen LogP contribution in [0.3, 0.4) is 0 Å². The topological polar surface area (TPSA) is 56.4 Å². The molecule has 5 nitrogen and oxygen atoms in total. The molecule has 1 N–H and O–H groups in total. The molecule has 2 atom stereocenters. The summed E-state index contributed by atoms with van der Waals surface area (Å²) in [6, 6.07) is 6.45. The predicted molar refractivity (Wildman–Crippen MR) is 120 cm³/mol. The van der Waals surface area contributed by atoms with Crippen LogP contribution < -0.4 is 0 Å². The van der Waals surface area contributed by atoms with Gasteiger partial charge in [-0.1, -0.05) is 18.2 Å². The van der Waals surface area contributed by atoms with Gasteiger partial charge < -0.3 is 9.88 Å². The van der Waals surface area contributed by atoms with Gasteiger partial charge in [0.1, 0.15) is 5.41 Å². The number of hydrogen-bond donors (Lipinski definition) is 1. The van der Waals surface area contributed by atoms with Gasteiger partial charge >= 0.3 is 0 Å². The number of ketones is 1. The lowest BCUT2D eigenvalue weighted by Crippen LogP contribution is -2.58. The Morgan fingerprint density at radius 3 is 2.76 bits per heavy atom. The molecule has 1 aliphatic heterocycles. The minimum atomic E-state index is -1.12. The summed E-state index contributed by atoms with van der Waals surface area (Å²) in [5, 5.41) is 1.23. The van der Waals surface area contributed by atoms with Crippen molar-refractivity contribution in [3.8, 4) is 0 Å². The molecule has 4 rings (SSSR count). The summed E-state index contributed by atoms with van der Waals surface area (Å²) < 4.78 is 0. The van der Waals surface area contributed by atoms with Crippen LogP contribution >= 0.6 is 11.8 Å². The molecule has 1 aliphatic carbocycles. The van der Waals surface area contributed by atoms with Crippen molar-refractivity contribution in [1.29, 1.82) is 0 Å². The number of nitrogens with one attached hydrogen (secondary N) is 1. The largest absolute Gasteiger partial charge is 0.361 e. The van der Waals surface area contributed by atoms with E-state index < -0.39 is 5.41 Å². The van der Waals surface area contributed by atoms with Crippen LogP contribution in [-0.4, -0.2) is 71.2 Å². The molecule has 0 spiro atoms. The van der Waals surface area contributed by atoms with Crippen LogP contribution in [0.1, 0.15) is 25.0 Å². The summed E-state index contributed by atoms with van der Waals surface area (Å²) in [5.41, 5.74) is 3.57. The number of aromatic amines is 1. The summed E-state index contributed by atoms with van der Waals surface area (Å²) >= 11 is 1.49. The maximum absolute atomic E-state index is 13.7. The Morgan fingerprint density at radius 2 is 2.07 bits per heavy atom. The molecule has 1 aromatic heterocycles. The number of aromatic nitrogens is 1. The van der Waals surface area contributed by atoms with Gasteiger partial charge in [-0.25, -0.2) is 0 Å². The van der Waals surface area contributed by atoms with E-state index in [2.05, 4.69) is 28.2 Å². The van der Waals surface area contributed by atoms with Gasteiger partial charge in [-0.2, -0.15) is 11.8 Å². The van der Waals surface area contributed by atoms with E-state index in [1.807, 2.05) is 39.3 Å². The maximum atomic E-state index is 13.7. The average molecular weight is 412 g/mol. The Hall–Kier alpha value is -2.05. The lowest BCUT2D eigenvalue weighted by atomic mass is 9.71. The molecule has 154 valence electrons. The zero-order chi connectivity index (χ0) is 20.8. The minimum absolute atomic E-state index is 0.00624. The molecule has 0 radical (unpaired) electrons. The second kappa shape index (κ2) is 7.65. The Balaban J connectivity index is 1.93. The molecule has 0 bridgehead atoms. The highest BCUT2D eigenvalue weighted by Crippen LogP contribution is 2.44. The molecule has 1 amide bonds. The number of rotatable bonds is 6. The van der Waals surface area contributed by atoms with Crippen LogP contribution in [0.4, 0.5) is 0 Å². The molecular weight excluding hydrogens is 382 g/mol. The highest BCUT2D eigenvalue weighted by atomic mass is 32.2. The number of likely N-dealkylation sites (N-methyl/N-ethyl adjacent to an activating group) is 1. The number of Topliss-reactive ketones (excluding diaryl/α,β-unsaturated/α-hetero) is 1. The van der Waals surface area contributed by atoms with Gasteiger partial charge in [-0.05, 0) is 56.3 Å². The number of nitrogens with zero attached hydrogens (tertiary/aromatic N) is 2. The van der Waals surface area contributed by atoms with Crippen molar-refractivity contribution >= 4 is 39.9 Å². The van der Waals surface area contributed by atoms with Crippen molar-refractivity contribution in [3.05, 3.63) is 41.6 Å². The number of carbonyl (C=O) groups is 2. The van der Waals surface area contributed by atoms with Crippen LogP contribution in [0.5, 0.6) is 0 Å². The second-order valence-electron chi connectivity index (χ2n) is 8.08. The van der Waals surface area contributed by atoms with E-state index in [1.54, 1.807) is 4.90 Å². The molecule has 0 saturated carbocycles. The van der Waals surface area contributed by atoms with E-state index in [1.165, 1.54) is 22.7 Å². The van der Waals surface area contributed by atoms with Gasteiger partial charge in [0.2, 0.25) is 5.91 Å². The van der Waals surface area contributed by atoms with Crippen LogP contribution in [0.2, 0.25) is 0 Å². The van der Waals surface area contributed by atoms with E-state index in [-0.39, 0.29) is 17.7 Å². The van der Waals surface area contributed by atoms with E-state index in [4.69, 9.17) is 0 Å². The molecule has 0 saturated heterocycles. The third-order valence-corrected chi connectivity index (χ3v) is 7.06. The molecule has 6 heteroatoms. The molecule has 2 aromatic rings. The maximum Gasteiger partial charge on any atom is 0.241 e. The highest BCUT2D eigenvalue weighted by molar-refractivity contribution is 7.99. The van der Waals surface area contributed by atoms with Crippen molar-refractivity contribution in [2.24, 2.45) is 5.41 Å². The second-order valence-corrected chi connectivity index (χ2v) is 8.95. The number of fused-ring (bicyclic) bond motifs is 2. The normalized spacial score (nSPS) is 23.6. The van der Waals surface area contributed by atoms with Gasteiger partial charge in [-0.15, -0.1) is 0 Å². The number of amides is 1. The van der Waals surface area contributed by atoms with Gasteiger partial charge in [0, 0.05) is 42.8 Å². The summed E-state index contributed by atoms with van der Waals surface area (Å²) in [6.45, 7) is 5.61. The van der Waals surface area contributed by atoms with Crippen molar-refractivity contribution in [2.75, 3.05) is 38.7 Å². The van der Waals surface area contributed by atoms with Crippen LogP contribution in [0, 0.1) is 5.41 Å². The van der Waals surface area contributed by atoms with E-state index in [0.717, 1.165) is 23.1 Å². The number of thioether (sulfide) groups is 1. The smallest absolute Gasteiger partial charge is 0.241 e. The monoisotopic (exact) mass is 411 g/mol. The molecule has 1 aromatic carbocycles. The number of carbonyl (C=O) groups excluding carboxylic acids is 2. The fraction of sp³-hybridized carbons (Fsp3) is 0.478. The number of benzene rings is 1. The van der Waals surface area contributed by atoms with Crippen LogP contribution in [-0.2, 0) is 16.0 Å². The Morgan fingerprint density at radius 1 is 1.31 bits per heavy atom.